The van der Waals surface area contributed by atoms with Gasteiger partial charge in [0.05, 0.1) is 6.54 Å². The molecule has 6 nitrogen and oxygen atoms in total. The fourth-order valence-corrected chi connectivity index (χ4v) is 2.31. The molecule has 1 aromatic carbocycles. The number of urea groups is 1. The van der Waals surface area contributed by atoms with Crippen LogP contribution in [0.2, 0.25) is 0 Å². The van der Waals surface area contributed by atoms with E-state index >= 15 is 0 Å². The largest absolute Gasteiger partial charge is 0.351 e. The van der Waals surface area contributed by atoms with Gasteiger partial charge < -0.3 is 21.3 Å². The molecule has 1 atom stereocenters. The van der Waals surface area contributed by atoms with E-state index in [-0.39, 0.29) is 36.9 Å². The summed E-state index contributed by atoms with van der Waals surface area (Å²) in [6.07, 6.45) is 2.04. The number of carbonyl (C=O) groups is 2. The molecule has 1 aliphatic heterocycles. The lowest BCUT2D eigenvalue weighted by Crippen LogP contribution is -2.48. The Kier molecular flexibility index (Phi) is 7.70. The predicted molar refractivity (Wildman–Crippen MR) is 89.5 cm³/mol. The summed E-state index contributed by atoms with van der Waals surface area (Å²) >= 11 is 0. The molecule has 3 amide bonds. The van der Waals surface area contributed by atoms with Crippen LogP contribution in [0.25, 0.3) is 0 Å². The van der Waals surface area contributed by atoms with Gasteiger partial charge in [-0.15, -0.1) is 12.4 Å². The molecule has 7 heteroatoms. The maximum Gasteiger partial charge on any atom is 0.319 e. The van der Waals surface area contributed by atoms with Gasteiger partial charge in [0.15, 0.2) is 0 Å². The van der Waals surface area contributed by atoms with E-state index in [2.05, 4.69) is 21.3 Å². The van der Waals surface area contributed by atoms with Crippen LogP contribution < -0.4 is 21.3 Å². The van der Waals surface area contributed by atoms with E-state index in [9.17, 15) is 9.59 Å². The quantitative estimate of drug-likeness (QED) is 0.675. The van der Waals surface area contributed by atoms with Gasteiger partial charge >= 0.3 is 6.03 Å². The van der Waals surface area contributed by atoms with Crippen LogP contribution in [0.4, 0.5) is 10.5 Å². The van der Waals surface area contributed by atoms with Crippen molar-refractivity contribution in [1.29, 1.82) is 0 Å². The van der Waals surface area contributed by atoms with Crippen LogP contribution in [0.5, 0.6) is 0 Å². The van der Waals surface area contributed by atoms with Gasteiger partial charge in [-0.2, -0.15) is 0 Å². The SMILES string of the molecule is Cc1cccc(NC(=O)NCC(=O)N[C@H]2CCCNC2)c1.Cl. The van der Waals surface area contributed by atoms with E-state index in [4.69, 9.17) is 0 Å². The van der Waals surface area contributed by atoms with E-state index in [1.807, 2.05) is 25.1 Å². The third-order valence-corrected chi connectivity index (χ3v) is 3.35. The normalized spacial score (nSPS) is 17.0. The van der Waals surface area contributed by atoms with Crippen molar-refractivity contribution in [2.45, 2.75) is 25.8 Å². The molecule has 1 saturated heterocycles. The summed E-state index contributed by atoms with van der Waals surface area (Å²) in [5.41, 5.74) is 1.78. The van der Waals surface area contributed by atoms with E-state index in [1.165, 1.54) is 0 Å². The van der Waals surface area contributed by atoms with Crippen molar-refractivity contribution in [2.24, 2.45) is 0 Å². The van der Waals surface area contributed by atoms with Crippen molar-refractivity contribution < 1.29 is 9.59 Å². The lowest BCUT2D eigenvalue weighted by molar-refractivity contribution is -0.120. The van der Waals surface area contributed by atoms with Gasteiger partial charge in [0, 0.05) is 18.3 Å². The third kappa shape index (κ3) is 6.32. The maximum atomic E-state index is 11.7. The molecule has 4 N–H and O–H groups in total. The second-order valence-electron chi connectivity index (χ2n) is 5.29. The van der Waals surface area contributed by atoms with Gasteiger partial charge in [0.1, 0.15) is 0 Å². The molecule has 0 saturated carbocycles. The number of carbonyl (C=O) groups excluding carboxylic acids is 2. The Labute approximate surface area is 136 Å². The highest BCUT2D eigenvalue weighted by Crippen LogP contribution is 2.08. The first-order valence-corrected chi connectivity index (χ1v) is 7.25. The number of piperidine rings is 1. The second-order valence-corrected chi connectivity index (χ2v) is 5.29. The Morgan fingerprint density at radius 2 is 2.18 bits per heavy atom. The number of anilines is 1. The highest BCUT2D eigenvalue weighted by molar-refractivity contribution is 5.92. The van der Waals surface area contributed by atoms with E-state index < -0.39 is 0 Å². The number of hydrogen-bond acceptors (Lipinski definition) is 3. The van der Waals surface area contributed by atoms with Gasteiger partial charge in [0.2, 0.25) is 5.91 Å². The standard InChI is InChI=1S/C15H22N4O2.ClH/c1-11-4-2-5-12(8-11)19-15(21)17-10-14(20)18-13-6-3-7-16-9-13;/h2,4-5,8,13,16H,3,6-7,9-10H2,1H3,(H,18,20)(H2,17,19,21);1H/t13-;/m0./s1. The Morgan fingerprint density at radius 3 is 2.86 bits per heavy atom. The highest BCUT2D eigenvalue weighted by Gasteiger charge is 2.15. The monoisotopic (exact) mass is 326 g/mol. The average molecular weight is 327 g/mol. The van der Waals surface area contributed by atoms with Gasteiger partial charge in [-0.05, 0) is 44.0 Å². The van der Waals surface area contributed by atoms with E-state index in [0.717, 1.165) is 31.5 Å². The minimum atomic E-state index is -0.377. The van der Waals surface area contributed by atoms with Crippen molar-refractivity contribution >= 4 is 30.0 Å². The molecular weight excluding hydrogens is 304 g/mol. The Morgan fingerprint density at radius 1 is 1.36 bits per heavy atom. The van der Waals surface area contributed by atoms with Crippen LogP contribution in [0.1, 0.15) is 18.4 Å². The van der Waals surface area contributed by atoms with Gasteiger partial charge in [-0.3, -0.25) is 4.79 Å². The molecule has 22 heavy (non-hydrogen) atoms. The first-order valence-electron chi connectivity index (χ1n) is 7.25. The summed E-state index contributed by atoms with van der Waals surface area (Å²) < 4.78 is 0. The maximum absolute atomic E-state index is 11.7. The smallest absolute Gasteiger partial charge is 0.319 e. The minimum absolute atomic E-state index is 0. The van der Waals surface area contributed by atoms with E-state index in [1.54, 1.807) is 6.07 Å². The van der Waals surface area contributed by atoms with Crippen LogP contribution in [0.3, 0.4) is 0 Å². The van der Waals surface area contributed by atoms with Crippen molar-refractivity contribution in [1.82, 2.24) is 16.0 Å². The summed E-state index contributed by atoms with van der Waals surface area (Å²) in [6, 6.07) is 7.28. The number of hydrogen-bond donors (Lipinski definition) is 4. The van der Waals surface area contributed by atoms with Crippen LogP contribution in [0, 0.1) is 6.92 Å². The topological polar surface area (TPSA) is 82.3 Å². The summed E-state index contributed by atoms with van der Waals surface area (Å²) in [6.45, 7) is 3.73. The van der Waals surface area contributed by atoms with Crippen LogP contribution in [-0.2, 0) is 4.79 Å². The fourth-order valence-electron chi connectivity index (χ4n) is 2.31. The fraction of sp³-hybridized carbons (Fsp3) is 0.467. The second kappa shape index (κ2) is 9.27. The molecule has 1 aromatic rings. The molecule has 1 heterocycles. The van der Waals surface area contributed by atoms with Gasteiger partial charge in [0.25, 0.3) is 0 Å². The lowest BCUT2D eigenvalue weighted by atomic mass is 10.1. The number of amides is 3. The predicted octanol–water partition coefficient (Wildman–Crippen LogP) is 1.41. The van der Waals surface area contributed by atoms with Crippen LogP contribution in [-0.4, -0.2) is 37.6 Å². The molecule has 122 valence electrons. The summed E-state index contributed by atoms with van der Waals surface area (Å²) in [5.74, 6) is -0.164. The molecule has 2 rings (SSSR count). The zero-order chi connectivity index (χ0) is 15.1. The molecular formula is C15H23ClN4O2. The summed E-state index contributed by atoms with van der Waals surface area (Å²) in [5, 5.41) is 11.4. The van der Waals surface area contributed by atoms with Crippen molar-refractivity contribution in [3.8, 4) is 0 Å². The first-order chi connectivity index (χ1) is 10.1. The average Bonchev–Trinajstić information content (AvgIpc) is 2.46. The first kappa shape index (κ1) is 18.3. The Bertz CT molecular complexity index is 504. The zero-order valence-electron chi connectivity index (χ0n) is 12.6. The third-order valence-electron chi connectivity index (χ3n) is 3.35. The van der Waals surface area contributed by atoms with E-state index in [0.29, 0.717) is 5.69 Å². The molecule has 0 spiro atoms. The number of nitrogens with one attached hydrogen (secondary N) is 4. The van der Waals surface area contributed by atoms with Crippen molar-refractivity contribution in [2.75, 3.05) is 25.0 Å². The molecule has 0 radical (unpaired) electrons. The van der Waals surface area contributed by atoms with Crippen molar-refractivity contribution in [3.63, 3.8) is 0 Å². The highest BCUT2D eigenvalue weighted by atomic mass is 35.5. The molecule has 1 aliphatic rings. The Hall–Kier alpha value is -1.79. The number of benzene rings is 1. The van der Waals surface area contributed by atoms with Crippen molar-refractivity contribution in [3.05, 3.63) is 29.8 Å². The Balaban J connectivity index is 0.00000242. The number of rotatable bonds is 4. The summed E-state index contributed by atoms with van der Waals surface area (Å²) in [4.78, 5) is 23.4. The van der Waals surface area contributed by atoms with Crippen LogP contribution in [0.15, 0.2) is 24.3 Å². The van der Waals surface area contributed by atoms with Gasteiger partial charge in [-0.1, -0.05) is 12.1 Å². The summed E-state index contributed by atoms with van der Waals surface area (Å²) in [7, 11) is 0. The molecule has 0 unspecified atom stereocenters. The number of aryl methyl sites for hydroxylation is 1. The molecule has 0 bridgehead atoms. The zero-order valence-corrected chi connectivity index (χ0v) is 13.5. The minimum Gasteiger partial charge on any atom is -0.351 e. The number of halogens is 1. The molecule has 1 fully saturated rings. The lowest BCUT2D eigenvalue weighted by Gasteiger charge is -2.23. The van der Waals surface area contributed by atoms with Crippen LogP contribution >= 0.6 is 12.4 Å². The molecule has 0 aliphatic carbocycles. The molecule has 0 aromatic heterocycles. The van der Waals surface area contributed by atoms with Gasteiger partial charge in [-0.25, -0.2) is 4.79 Å².